The van der Waals surface area contributed by atoms with E-state index in [4.69, 9.17) is 9.72 Å². The Hall–Kier alpha value is -2.32. The second-order valence-corrected chi connectivity index (χ2v) is 7.10. The molecule has 130 valence electrons. The molecular formula is C17H20N6OS. The average molecular weight is 356 g/mol. The summed E-state index contributed by atoms with van der Waals surface area (Å²) in [5, 5.41) is 10.4. The molecule has 3 aromatic rings. The summed E-state index contributed by atoms with van der Waals surface area (Å²) in [5.74, 6) is 0.620. The molecule has 8 heteroatoms. The van der Waals surface area contributed by atoms with Gasteiger partial charge in [-0.15, -0.1) is 0 Å². The number of hydrogen-bond donors (Lipinski definition) is 0. The fourth-order valence-electron chi connectivity index (χ4n) is 3.04. The zero-order valence-corrected chi connectivity index (χ0v) is 14.9. The smallest absolute Gasteiger partial charge is 0.241 e. The number of hydrogen-bond acceptors (Lipinski definition) is 6. The molecule has 0 saturated carbocycles. The maximum Gasteiger partial charge on any atom is 0.241 e. The highest BCUT2D eigenvalue weighted by Crippen LogP contribution is 2.27. The largest absolute Gasteiger partial charge is 0.471 e. The molecular weight excluding hydrogens is 336 g/mol. The molecule has 1 unspecified atom stereocenters. The van der Waals surface area contributed by atoms with Crippen molar-refractivity contribution in [3.8, 4) is 17.1 Å². The van der Waals surface area contributed by atoms with Gasteiger partial charge in [-0.05, 0) is 24.3 Å². The van der Waals surface area contributed by atoms with E-state index in [1.165, 1.54) is 0 Å². The van der Waals surface area contributed by atoms with E-state index in [0.717, 1.165) is 42.7 Å². The van der Waals surface area contributed by atoms with Gasteiger partial charge in [0.05, 0.1) is 24.3 Å². The van der Waals surface area contributed by atoms with Gasteiger partial charge >= 0.3 is 0 Å². The van der Waals surface area contributed by atoms with E-state index in [1.807, 2.05) is 35.4 Å². The summed E-state index contributed by atoms with van der Waals surface area (Å²) in [7, 11) is 1.89. The summed E-state index contributed by atoms with van der Waals surface area (Å²) in [6, 6.07) is 1.93. The highest BCUT2D eigenvalue weighted by molar-refractivity contribution is 7.99. The lowest BCUT2D eigenvalue weighted by atomic mass is 10.1. The Bertz CT molecular complexity index is 888. The summed E-state index contributed by atoms with van der Waals surface area (Å²) >= 11 is 1.64. The van der Waals surface area contributed by atoms with Gasteiger partial charge < -0.3 is 4.74 Å². The molecule has 1 aliphatic rings. The van der Waals surface area contributed by atoms with Crippen molar-refractivity contribution in [3.63, 3.8) is 0 Å². The van der Waals surface area contributed by atoms with Gasteiger partial charge in [0.25, 0.3) is 0 Å². The first kappa shape index (κ1) is 16.2. The fourth-order valence-corrected chi connectivity index (χ4v) is 3.74. The zero-order chi connectivity index (χ0) is 17.2. The van der Waals surface area contributed by atoms with Crippen LogP contribution < -0.4 is 4.74 Å². The van der Waals surface area contributed by atoms with Crippen molar-refractivity contribution in [2.24, 2.45) is 7.05 Å². The van der Waals surface area contributed by atoms with Crippen LogP contribution in [0.2, 0.25) is 0 Å². The third-order valence-corrected chi connectivity index (χ3v) is 4.98. The van der Waals surface area contributed by atoms with Crippen LogP contribution in [0.25, 0.3) is 16.8 Å². The van der Waals surface area contributed by atoms with E-state index >= 15 is 0 Å². The van der Waals surface area contributed by atoms with Crippen LogP contribution in [0, 0.1) is 0 Å². The van der Waals surface area contributed by atoms with E-state index in [9.17, 15) is 0 Å². The minimum absolute atomic E-state index is 0.108. The Labute approximate surface area is 150 Å². The van der Waals surface area contributed by atoms with E-state index < -0.39 is 0 Å². The number of fused-ring (bicyclic) bond motifs is 1. The normalized spacial score (nSPS) is 18.5. The molecule has 0 aliphatic carbocycles. The summed E-state index contributed by atoms with van der Waals surface area (Å²) in [6.07, 6.45) is 9.63. The van der Waals surface area contributed by atoms with Gasteiger partial charge in [0.1, 0.15) is 11.6 Å². The van der Waals surface area contributed by atoms with Gasteiger partial charge in [-0.2, -0.15) is 10.2 Å². The average Bonchev–Trinajstić information content (AvgIpc) is 3.24. The first-order valence-corrected chi connectivity index (χ1v) is 9.09. The molecule has 0 radical (unpaired) electrons. The summed E-state index contributed by atoms with van der Waals surface area (Å²) in [5.41, 5.74) is 2.62. The molecule has 4 rings (SSSR count). The van der Waals surface area contributed by atoms with Crippen molar-refractivity contribution in [2.75, 3.05) is 13.1 Å². The highest BCUT2D eigenvalue weighted by Gasteiger charge is 2.23. The molecule has 0 bridgehead atoms. The van der Waals surface area contributed by atoms with Crippen LogP contribution in [-0.2, 0) is 7.05 Å². The Morgan fingerprint density at radius 3 is 3.08 bits per heavy atom. The molecule has 1 atom stereocenters. The van der Waals surface area contributed by atoms with Crippen LogP contribution in [0.5, 0.6) is 5.88 Å². The predicted octanol–water partition coefficient (Wildman–Crippen LogP) is 2.76. The van der Waals surface area contributed by atoms with Gasteiger partial charge in [-0.25, -0.2) is 13.8 Å². The summed E-state index contributed by atoms with van der Waals surface area (Å²) in [6.45, 7) is 5.71. The molecule has 4 heterocycles. The molecule has 0 spiro atoms. The van der Waals surface area contributed by atoms with E-state index in [2.05, 4.69) is 21.1 Å². The van der Waals surface area contributed by atoms with Gasteiger partial charge in [0, 0.05) is 31.9 Å². The topological polar surface area (TPSA) is 60.5 Å². The molecule has 1 fully saturated rings. The Morgan fingerprint density at radius 2 is 2.28 bits per heavy atom. The summed E-state index contributed by atoms with van der Waals surface area (Å²) < 4.78 is 12.1. The van der Waals surface area contributed by atoms with Crippen molar-refractivity contribution in [1.82, 2.24) is 28.7 Å². The van der Waals surface area contributed by atoms with Crippen molar-refractivity contribution < 1.29 is 4.74 Å². The Balaban J connectivity index is 1.64. The maximum absolute atomic E-state index is 6.28. The van der Waals surface area contributed by atoms with E-state index in [1.54, 1.807) is 29.0 Å². The van der Waals surface area contributed by atoms with Crippen molar-refractivity contribution in [3.05, 3.63) is 42.8 Å². The van der Waals surface area contributed by atoms with Crippen molar-refractivity contribution in [2.45, 2.75) is 18.9 Å². The van der Waals surface area contributed by atoms with Crippen LogP contribution >= 0.6 is 11.9 Å². The molecule has 1 aliphatic heterocycles. The SMILES string of the molecule is C=CSN1CCCC(Oc2nc(-c3cnn(C)c3)cn3nccc23)C1. The first-order chi connectivity index (χ1) is 12.2. The molecule has 0 N–H and O–H groups in total. The number of rotatable bonds is 5. The first-order valence-electron chi connectivity index (χ1n) is 8.25. The van der Waals surface area contributed by atoms with Gasteiger partial charge in [0.2, 0.25) is 5.88 Å². The lowest BCUT2D eigenvalue weighted by molar-refractivity contribution is 0.131. The molecule has 7 nitrogen and oxygen atoms in total. The van der Waals surface area contributed by atoms with E-state index in [0.29, 0.717) is 5.88 Å². The van der Waals surface area contributed by atoms with Crippen LogP contribution in [-0.4, -0.2) is 47.9 Å². The van der Waals surface area contributed by atoms with Crippen LogP contribution in [0.1, 0.15) is 12.8 Å². The molecule has 3 aromatic heterocycles. The summed E-state index contributed by atoms with van der Waals surface area (Å²) in [4.78, 5) is 4.74. The third-order valence-electron chi connectivity index (χ3n) is 4.20. The zero-order valence-electron chi connectivity index (χ0n) is 14.1. The molecule has 25 heavy (non-hydrogen) atoms. The van der Waals surface area contributed by atoms with Crippen LogP contribution in [0.3, 0.4) is 0 Å². The number of ether oxygens (including phenoxy) is 1. The quantitative estimate of drug-likeness (QED) is 0.655. The Kier molecular flexibility index (Phi) is 4.46. The molecule has 1 saturated heterocycles. The highest BCUT2D eigenvalue weighted by atomic mass is 32.2. The Morgan fingerprint density at radius 1 is 1.36 bits per heavy atom. The van der Waals surface area contributed by atoms with Crippen LogP contribution in [0.15, 0.2) is 42.8 Å². The number of nitrogens with zero attached hydrogens (tertiary/aromatic N) is 6. The fraction of sp³-hybridized carbons (Fsp3) is 0.353. The van der Waals surface area contributed by atoms with Crippen molar-refractivity contribution in [1.29, 1.82) is 0 Å². The molecule has 0 aromatic carbocycles. The van der Waals surface area contributed by atoms with Gasteiger partial charge in [-0.1, -0.05) is 18.5 Å². The number of aromatic nitrogens is 5. The van der Waals surface area contributed by atoms with Crippen molar-refractivity contribution >= 4 is 17.5 Å². The number of piperidine rings is 1. The maximum atomic E-state index is 6.28. The monoisotopic (exact) mass is 356 g/mol. The lowest BCUT2D eigenvalue weighted by Crippen LogP contribution is -2.37. The predicted molar refractivity (Wildman–Crippen MR) is 98.2 cm³/mol. The third kappa shape index (κ3) is 3.40. The minimum Gasteiger partial charge on any atom is -0.471 e. The second kappa shape index (κ2) is 6.89. The lowest BCUT2D eigenvalue weighted by Gasteiger charge is -2.30. The minimum atomic E-state index is 0.108. The van der Waals surface area contributed by atoms with Gasteiger partial charge in [0.15, 0.2) is 0 Å². The molecule has 0 amide bonds. The van der Waals surface area contributed by atoms with Crippen LogP contribution in [0.4, 0.5) is 0 Å². The van der Waals surface area contributed by atoms with E-state index in [-0.39, 0.29) is 6.10 Å². The number of aryl methyl sites for hydroxylation is 1. The van der Waals surface area contributed by atoms with Gasteiger partial charge in [-0.3, -0.25) is 4.68 Å². The second-order valence-electron chi connectivity index (χ2n) is 6.04. The standard InChI is InChI=1S/C17H20N6OS/c1-3-25-22-8-4-5-14(11-22)24-17-16-6-7-18-23(16)12-15(20-17)13-9-19-21(2)10-13/h3,6-7,9-10,12,14H,1,4-5,8,11H2,2H3.